The maximum atomic E-state index is 5.39. The number of nitrogens with one attached hydrogen (secondary N) is 1. The number of thiophene rings is 1. The van der Waals surface area contributed by atoms with Crippen LogP contribution in [0.5, 0.6) is 5.75 Å². The summed E-state index contributed by atoms with van der Waals surface area (Å²) in [6.45, 7) is 2.29. The third-order valence-electron chi connectivity index (χ3n) is 4.24. The van der Waals surface area contributed by atoms with Crippen LogP contribution in [0, 0.1) is 0 Å². The largest absolute Gasteiger partial charge is 0.497 e. The van der Waals surface area contributed by atoms with Crippen molar-refractivity contribution in [2.24, 2.45) is 0 Å². The van der Waals surface area contributed by atoms with Crippen molar-refractivity contribution in [2.45, 2.75) is 44.7 Å². The molecular formula is C18H23NOS. The summed E-state index contributed by atoms with van der Waals surface area (Å²) in [4.78, 5) is 1.46. The minimum absolute atomic E-state index is 0.457. The molecule has 2 aromatic rings. The third kappa shape index (κ3) is 3.47. The SMILES string of the molecule is COc1ccc2c(c1)C(NC(C)Cc1cccs1)CCC2. The lowest BCUT2D eigenvalue weighted by Gasteiger charge is -2.29. The highest BCUT2D eigenvalue weighted by atomic mass is 32.1. The van der Waals surface area contributed by atoms with E-state index < -0.39 is 0 Å². The van der Waals surface area contributed by atoms with Gasteiger partial charge in [-0.3, -0.25) is 0 Å². The molecule has 1 heterocycles. The van der Waals surface area contributed by atoms with Crippen molar-refractivity contribution in [1.29, 1.82) is 0 Å². The molecule has 1 aromatic heterocycles. The fourth-order valence-electron chi connectivity index (χ4n) is 3.21. The van der Waals surface area contributed by atoms with Gasteiger partial charge in [0.25, 0.3) is 0 Å². The predicted octanol–water partition coefficient (Wildman–Crippen LogP) is 4.35. The Balaban J connectivity index is 1.72. The standard InChI is InChI=1S/C18H23NOS/c1-13(11-16-6-4-10-21-16)19-18-7-3-5-14-8-9-15(20-2)12-17(14)18/h4,6,8-10,12-13,18-19H,3,5,7,11H2,1-2H3. The number of fused-ring (bicyclic) bond motifs is 1. The van der Waals surface area contributed by atoms with E-state index in [2.05, 4.69) is 48.0 Å². The van der Waals surface area contributed by atoms with Crippen molar-refractivity contribution in [3.63, 3.8) is 0 Å². The predicted molar refractivity (Wildman–Crippen MR) is 89.3 cm³/mol. The summed E-state index contributed by atoms with van der Waals surface area (Å²) in [5, 5.41) is 5.97. The Labute approximate surface area is 131 Å². The molecule has 1 aliphatic carbocycles. The summed E-state index contributed by atoms with van der Waals surface area (Å²) in [6.07, 6.45) is 4.78. The van der Waals surface area contributed by atoms with E-state index in [1.807, 2.05) is 11.3 Å². The van der Waals surface area contributed by atoms with E-state index in [-0.39, 0.29) is 0 Å². The van der Waals surface area contributed by atoms with Gasteiger partial charge in [0, 0.05) is 17.0 Å². The lowest BCUT2D eigenvalue weighted by molar-refractivity contribution is 0.395. The molecule has 1 N–H and O–H groups in total. The summed E-state index contributed by atoms with van der Waals surface area (Å²) in [6, 6.07) is 11.8. The van der Waals surface area contributed by atoms with Crippen molar-refractivity contribution < 1.29 is 4.74 Å². The van der Waals surface area contributed by atoms with Crippen LogP contribution in [0.15, 0.2) is 35.7 Å². The molecule has 2 unspecified atom stereocenters. The van der Waals surface area contributed by atoms with Crippen molar-refractivity contribution in [3.8, 4) is 5.75 Å². The number of benzene rings is 1. The van der Waals surface area contributed by atoms with Gasteiger partial charge in [0.2, 0.25) is 0 Å². The fraction of sp³-hybridized carbons (Fsp3) is 0.444. The maximum Gasteiger partial charge on any atom is 0.119 e. The zero-order valence-electron chi connectivity index (χ0n) is 12.8. The van der Waals surface area contributed by atoms with Crippen LogP contribution in [0.3, 0.4) is 0 Å². The normalized spacial score (nSPS) is 19.0. The zero-order chi connectivity index (χ0) is 14.7. The second kappa shape index (κ2) is 6.63. The van der Waals surface area contributed by atoms with E-state index in [1.165, 1.54) is 35.3 Å². The number of ether oxygens (including phenoxy) is 1. The number of aryl methyl sites for hydroxylation is 1. The van der Waals surface area contributed by atoms with Crippen molar-refractivity contribution >= 4 is 11.3 Å². The van der Waals surface area contributed by atoms with Crippen molar-refractivity contribution in [1.82, 2.24) is 5.32 Å². The minimum Gasteiger partial charge on any atom is -0.497 e. The lowest BCUT2D eigenvalue weighted by atomic mass is 9.87. The van der Waals surface area contributed by atoms with Gasteiger partial charge in [-0.2, -0.15) is 0 Å². The first-order chi connectivity index (χ1) is 10.3. The molecule has 1 aromatic carbocycles. The molecule has 0 fully saturated rings. The molecule has 0 amide bonds. The Bertz CT molecular complexity index is 579. The smallest absolute Gasteiger partial charge is 0.119 e. The Morgan fingerprint density at radius 3 is 3.05 bits per heavy atom. The molecule has 112 valence electrons. The average molecular weight is 301 g/mol. The van der Waals surface area contributed by atoms with Gasteiger partial charge in [-0.1, -0.05) is 12.1 Å². The average Bonchev–Trinajstić information content (AvgIpc) is 3.00. The van der Waals surface area contributed by atoms with E-state index in [0.717, 1.165) is 12.2 Å². The van der Waals surface area contributed by atoms with Crippen LogP contribution in [0.1, 0.15) is 41.8 Å². The molecule has 3 rings (SSSR count). The molecule has 21 heavy (non-hydrogen) atoms. The first-order valence-corrected chi connectivity index (χ1v) is 8.59. The molecule has 0 saturated heterocycles. The van der Waals surface area contributed by atoms with Gasteiger partial charge in [-0.15, -0.1) is 11.3 Å². The Hall–Kier alpha value is -1.32. The molecule has 0 bridgehead atoms. The molecule has 0 spiro atoms. The summed E-state index contributed by atoms with van der Waals surface area (Å²) in [5.74, 6) is 0.966. The van der Waals surface area contributed by atoms with E-state index in [1.54, 1.807) is 7.11 Å². The molecule has 0 saturated carbocycles. The van der Waals surface area contributed by atoms with Gasteiger partial charge in [-0.25, -0.2) is 0 Å². The number of rotatable bonds is 5. The Kier molecular flexibility index (Phi) is 4.61. The van der Waals surface area contributed by atoms with E-state index in [4.69, 9.17) is 4.74 Å². The first kappa shape index (κ1) is 14.6. The van der Waals surface area contributed by atoms with Gasteiger partial charge < -0.3 is 10.1 Å². The maximum absolute atomic E-state index is 5.39. The molecule has 2 atom stereocenters. The van der Waals surface area contributed by atoms with Crippen LogP contribution < -0.4 is 10.1 Å². The van der Waals surface area contributed by atoms with Gasteiger partial charge >= 0.3 is 0 Å². The van der Waals surface area contributed by atoms with Crippen molar-refractivity contribution in [2.75, 3.05) is 7.11 Å². The van der Waals surface area contributed by atoms with Gasteiger partial charge in [0.05, 0.1) is 7.11 Å². The summed E-state index contributed by atoms with van der Waals surface area (Å²) in [5.41, 5.74) is 2.90. The van der Waals surface area contributed by atoms with Gasteiger partial charge in [-0.05, 0) is 67.3 Å². The number of methoxy groups -OCH3 is 1. The Morgan fingerprint density at radius 1 is 1.38 bits per heavy atom. The van der Waals surface area contributed by atoms with E-state index in [9.17, 15) is 0 Å². The van der Waals surface area contributed by atoms with Crippen LogP contribution in [-0.2, 0) is 12.8 Å². The zero-order valence-corrected chi connectivity index (χ0v) is 13.6. The molecule has 2 nitrogen and oxygen atoms in total. The lowest BCUT2D eigenvalue weighted by Crippen LogP contribution is -2.34. The Morgan fingerprint density at radius 2 is 2.29 bits per heavy atom. The first-order valence-electron chi connectivity index (χ1n) is 7.71. The fourth-order valence-corrected chi connectivity index (χ4v) is 4.05. The van der Waals surface area contributed by atoms with Gasteiger partial charge in [0.1, 0.15) is 5.75 Å². The highest BCUT2D eigenvalue weighted by molar-refractivity contribution is 7.09. The second-order valence-electron chi connectivity index (χ2n) is 5.86. The summed E-state index contributed by atoms with van der Waals surface area (Å²) >= 11 is 1.84. The van der Waals surface area contributed by atoms with Crippen LogP contribution in [0.2, 0.25) is 0 Å². The highest BCUT2D eigenvalue weighted by Gasteiger charge is 2.22. The highest BCUT2D eigenvalue weighted by Crippen LogP contribution is 2.33. The monoisotopic (exact) mass is 301 g/mol. The topological polar surface area (TPSA) is 21.3 Å². The van der Waals surface area contributed by atoms with Gasteiger partial charge in [0.15, 0.2) is 0 Å². The van der Waals surface area contributed by atoms with Crippen LogP contribution in [0.4, 0.5) is 0 Å². The van der Waals surface area contributed by atoms with E-state index >= 15 is 0 Å². The van der Waals surface area contributed by atoms with Crippen LogP contribution in [0.25, 0.3) is 0 Å². The summed E-state index contributed by atoms with van der Waals surface area (Å²) < 4.78 is 5.39. The third-order valence-corrected chi connectivity index (χ3v) is 5.14. The van der Waals surface area contributed by atoms with Crippen LogP contribution >= 0.6 is 11.3 Å². The number of hydrogen-bond acceptors (Lipinski definition) is 3. The van der Waals surface area contributed by atoms with Crippen molar-refractivity contribution in [3.05, 3.63) is 51.7 Å². The summed E-state index contributed by atoms with van der Waals surface area (Å²) in [7, 11) is 1.74. The molecular weight excluding hydrogens is 278 g/mol. The van der Waals surface area contributed by atoms with E-state index in [0.29, 0.717) is 12.1 Å². The molecule has 3 heteroatoms. The minimum atomic E-state index is 0.457. The molecule has 0 radical (unpaired) electrons. The molecule has 0 aliphatic heterocycles. The quantitative estimate of drug-likeness (QED) is 0.886. The molecule has 1 aliphatic rings. The second-order valence-corrected chi connectivity index (χ2v) is 6.89. The number of hydrogen-bond donors (Lipinski definition) is 1. The van der Waals surface area contributed by atoms with Crippen LogP contribution in [-0.4, -0.2) is 13.2 Å².